The van der Waals surface area contributed by atoms with Crippen molar-refractivity contribution in [3.8, 4) is 22.6 Å². The first-order valence-electron chi connectivity index (χ1n) is 17.6. The Morgan fingerprint density at radius 2 is 1.41 bits per heavy atom. The van der Waals surface area contributed by atoms with E-state index in [0.29, 0.717) is 22.7 Å². The number of likely N-dealkylation sites (N-methyl/N-ethyl adjacent to an activating group) is 1. The van der Waals surface area contributed by atoms with E-state index >= 15 is 0 Å². The van der Waals surface area contributed by atoms with E-state index in [1.54, 1.807) is 14.2 Å². The normalized spacial score (nSPS) is 13.9. The fourth-order valence-electron chi connectivity index (χ4n) is 7.03. The number of hydrogen-bond donors (Lipinski definition) is 1. The number of rotatable bonds is 13. The fraction of sp³-hybridized carbons (Fsp3) is 0.357. The highest BCUT2D eigenvalue weighted by Gasteiger charge is 2.17. The number of fused-ring (bicyclic) bond motifs is 1. The lowest BCUT2D eigenvalue weighted by molar-refractivity contribution is 0.102. The molecule has 1 aliphatic rings. The minimum atomic E-state index is -0.184. The summed E-state index contributed by atoms with van der Waals surface area (Å²) in [6, 6.07) is 28.4. The predicted octanol–water partition coefficient (Wildman–Crippen LogP) is 8.20. The van der Waals surface area contributed by atoms with Gasteiger partial charge in [-0.2, -0.15) is 0 Å². The van der Waals surface area contributed by atoms with Crippen molar-refractivity contribution in [2.75, 3.05) is 59.3 Å². The van der Waals surface area contributed by atoms with Gasteiger partial charge in [-0.15, -0.1) is 0 Å². The van der Waals surface area contributed by atoms with Crippen LogP contribution in [0.2, 0.25) is 0 Å². The molecule has 0 aliphatic carbocycles. The third-order valence-corrected chi connectivity index (χ3v) is 10.1. The van der Waals surface area contributed by atoms with E-state index in [-0.39, 0.29) is 5.91 Å². The summed E-state index contributed by atoms with van der Waals surface area (Å²) in [5.41, 5.74) is 9.54. The lowest BCUT2D eigenvalue weighted by Crippen LogP contribution is -2.44. The Labute approximate surface area is 291 Å². The van der Waals surface area contributed by atoms with E-state index in [2.05, 4.69) is 58.8 Å². The Morgan fingerprint density at radius 1 is 0.755 bits per heavy atom. The monoisotopic (exact) mass is 658 g/mol. The standard InChI is InChI=1S/C42H50N4O3/c1-30-31(2)46(21-11-7-10-20-45-24-22-44(3)23-25-45)38-19-16-33(27-37(30)38)26-32-14-17-35(18-15-32)42(47)43-36-28-39(48-4)41(40(29-36)49-5)34-12-8-6-9-13-34/h6,8-9,12-19,27-29H,7,10-11,20-26H2,1-5H3,(H,43,47). The van der Waals surface area contributed by atoms with Gasteiger partial charge in [0.2, 0.25) is 0 Å². The lowest BCUT2D eigenvalue weighted by Gasteiger charge is -2.32. The summed E-state index contributed by atoms with van der Waals surface area (Å²) in [5.74, 6) is 1.08. The van der Waals surface area contributed by atoms with Crippen molar-refractivity contribution in [1.82, 2.24) is 14.4 Å². The van der Waals surface area contributed by atoms with E-state index < -0.39 is 0 Å². The molecule has 1 aliphatic heterocycles. The van der Waals surface area contributed by atoms with Gasteiger partial charge in [0.25, 0.3) is 5.91 Å². The topological polar surface area (TPSA) is 59.0 Å². The molecule has 5 aromatic rings. The molecule has 7 nitrogen and oxygen atoms in total. The molecule has 4 aromatic carbocycles. The van der Waals surface area contributed by atoms with Gasteiger partial charge >= 0.3 is 0 Å². The molecule has 0 atom stereocenters. The third kappa shape index (κ3) is 8.01. The van der Waals surface area contributed by atoms with Crippen molar-refractivity contribution in [3.63, 3.8) is 0 Å². The zero-order valence-electron chi connectivity index (χ0n) is 29.7. The van der Waals surface area contributed by atoms with Crippen molar-refractivity contribution in [2.24, 2.45) is 0 Å². The Morgan fingerprint density at radius 3 is 2.08 bits per heavy atom. The van der Waals surface area contributed by atoms with Gasteiger partial charge in [0, 0.05) is 72.7 Å². The van der Waals surface area contributed by atoms with Crippen LogP contribution in [-0.4, -0.2) is 74.3 Å². The summed E-state index contributed by atoms with van der Waals surface area (Å²) >= 11 is 0. The number of amides is 1. The van der Waals surface area contributed by atoms with Crippen LogP contribution in [0.25, 0.3) is 22.0 Å². The third-order valence-electron chi connectivity index (χ3n) is 10.1. The number of ether oxygens (including phenoxy) is 2. The molecule has 1 amide bonds. The highest BCUT2D eigenvalue weighted by molar-refractivity contribution is 6.04. The van der Waals surface area contributed by atoms with E-state index in [1.807, 2.05) is 66.7 Å². The van der Waals surface area contributed by atoms with E-state index in [4.69, 9.17) is 9.47 Å². The lowest BCUT2D eigenvalue weighted by atomic mass is 10.0. The van der Waals surface area contributed by atoms with Crippen LogP contribution in [0.1, 0.15) is 52.0 Å². The second kappa shape index (κ2) is 15.7. The molecule has 1 saturated heterocycles. The molecule has 0 radical (unpaired) electrons. The number of hydrogen-bond acceptors (Lipinski definition) is 5. The van der Waals surface area contributed by atoms with Gasteiger partial charge in [-0.25, -0.2) is 0 Å². The Balaban J connectivity index is 1.07. The second-order valence-corrected chi connectivity index (χ2v) is 13.4. The summed E-state index contributed by atoms with van der Waals surface area (Å²) < 4.78 is 13.9. The number of carbonyl (C=O) groups is 1. The number of benzene rings is 4. The van der Waals surface area contributed by atoms with Crippen molar-refractivity contribution in [2.45, 2.75) is 46.1 Å². The van der Waals surface area contributed by atoms with Crippen LogP contribution in [0.4, 0.5) is 5.69 Å². The minimum absolute atomic E-state index is 0.184. The first-order chi connectivity index (χ1) is 23.8. The molecule has 1 N–H and O–H groups in total. The summed E-state index contributed by atoms with van der Waals surface area (Å²) in [6.45, 7) is 11.6. The van der Waals surface area contributed by atoms with Crippen LogP contribution in [0, 0.1) is 13.8 Å². The van der Waals surface area contributed by atoms with Crippen LogP contribution in [0.5, 0.6) is 11.5 Å². The molecule has 1 fully saturated rings. The molecule has 256 valence electrons. The molecule has 0 spiro atoms. The molecule has 0 bridgehead atoms. The molecule has 6 rings (SSSR count). The van der Waals surface area contributed by atoms with Crippen molar-refractivity contribution < 1.29 is 14.3 Å². The molecule has 0 unspecified atom stereocenters. The number of anilines is 1. The summed E-state index contributed by atoms with van der Waals surface area (Å²) in [7, 11) is 5.47. The van der Waals surface area contributed by atoms with Crippen LogP contribution >= 0.6 is 0 Å². The van der Waals surface area contributed by atoms with E-state index in [0.717, 1.165) is 24.1 Å². The van der Waals surface area contributed by atoms with Crippen LogP contribution in [0.15, 0.2) is 84.9 Å². The number of nitrogens with zero attached hydrogens (tertiary/aromatic N) is 3. The van der Waals surface area contributed by atoms with Gasteiger partial charge in [-0.3, -0.25) is 4.79 Å². The molecule has 7 heteroatoms. The Kier molecular flexibility index (Phi) is 11.0. The summed E-state index contributed by atoms with van der Waals surface area (Å²) in [5, 5.41) is 4.36. The molecule has 2 heterocycles. The van der Waals surface area contributed by atoms with Crippen molar-refractivity contribution >= 4 is 22.5 Å². The Hall–Kier alpha value is -4.59. The van der Waals surface area contributed by atoms with Crippen LogP contribution < -0.4 is 14.8 Å². The maximum Gasteiger partial charge on any atom is 0.255 e. The number of methoxy groups -OCH3 is 2. The average molecular weight is 659 g/mol. The molecule has 49 heavy (non-hydrogen) atoms. The van der Waals surface area contributed by atoms with Gasteiger partial charge in [0.15, 0.2) is 0 Å². The maximum absolute atomic E-state index is 13.3. The van der Waals surface area contributed by atoms with E-state index in [9.17, 15) is 4.79 Å². The number of aromatic nitrogens is 1. The highest BCUT2D eigenvalue weighted by atomic mass is 16.5. The molecule has 1 aromatic heterocycles. The van der Waals surface area contributed by atoms with Crippen LogP contribution in [-0.2, 0) is 13.0 Å². The zero-order chi connectivity index (χ0) is 34.3. The van der Waals surface area contributed by atoms with Crippen molar-refractivity contribution in [1.29, 1.82) is 0 Å². The van der Waals surface area contributed by atoms with Crippen LogP contribution in [0.3, 0.4) is 0 Å². The zero-order valence-corrected chi connectivity index (χ0v) is 29.7. The number of carbonyl (C=O) groups excluding carboxylic acids is 1. The number of aryl methyl sites for hydroxylation is 2. The first-order valence-corrected chi connectivity index (χ1v) is 17.6. The van der Waals surface area contributed by atoms with E-state index in [1.165, 1.54) is 85.3 Å². The highest BCUT2D eigenvalue weighted by Crippen LogP contribution is 2.41. The molecular weight excluding hydrogens is 608 g/mol. The summed E-state index contributed by atoms with van der Waals surface area (Å²) in [6.07, 6.45) is 4.55. The van der Waals surface area contributed by atoms with Gasteiger partial charge < -0.3 is 29.2 Å². The number of piperazine rings is 1. The SMILES string of the molecule is COc1cc(NC(=O)c2ccc(Cc3ccc4c(c3)c(C)c(C)n4CCCCCN3CCN(C)CC3)cc2)cc(OC)c1-c1ccccc1. The predicted molar refractivity (Wildman–Crippen MR) is 201 cm³/mol. The van der Waals surface area contributed by atoms with Gasteiger partial charge in [-0.1, -0.05) is 55.0 Å². The number of unbranched alkanes of at least 4 members (excludes halogenated alkanes) is 2. The Bertz CT molecular complexity index is 1850. The fourth-order valence-corrected chi connectivity index (χ4v) is 7.03. The molecule has 0 saturated carbocycles. The first kappa shape index (κ1) is 34.3. The smallest absolute Gasteiger partial charge is 0.255 e. The largest absolute Gasteiger partial charge is 0.496 e. The number of nitrogens with one attached hydrogen (secondary N) is 1. The average Bonchev–Trinajstić information content (AvgIpc) is 3.36. The van der Waals surface area contributed by atoms with Crippen molar-refractivity contribution in [3.05, 3.63) is 113 Å². The second-order valence-electron chi connectivity index (χ2n) is 13.4. The molecular formula is C42H50N4O3. The van der Waals surface area contributed by atoms with Gasteiger partial charge in [0.1, 0.15) is 11.5 Å². The van der Waals surface area contributed by atoms with Gasteiger partial charge in [-0.05, 0) is 93.2 Å². The summed E-state index contributed by atoms with van der Waals surface area (Å²) in [4.78, 5) is 18.3. The minimum Gasteiger partial charge on any atom is -0.496 e. The maximum atomic E-state index is 13.3. The van der Waals surface area contributed by atoms with Gasteiger partial charge in [0.05, 0.1) is 19.8 Å². The quantitative estimate of drug-likeness (QED) is 0.129.